The van der Waals surface area contributed by atoms with Gasteiger partial charge in [-0.25, -0.2) is 4.98 Å². The molecule has 1 N–H and O–H groups in total. The second-order valence-corrected chi connectivity index (χ2v) is 5.78. The van der Waals surface area contributed by atoms with Gasteiger partial charge in [-0.3, -0.25) is 4.79 Å². The highest BCUT2D eigenvalue weighted by Crippen LogP contribution is 2.15. The van der Waals surface area contributed by atoms with Gasteiger partial charge in [0.1, 0.15) is 6.04 Å². The molecule has 0 bridgehead atoms. The Balaban J connectivity index is 1.57. The monoisotopic (exact) mass is 322 g/mol. The van der Waals surface area contributed by atoms with Crippen molar-refractivity contribution >= 4 is 5.91 Å². The van der Waals surface area contributed by atoms with Crippen LogP contribution in [0, 0.1) is 0 Å². The fraction of sp³-hybridized carbons (Fsp3) is 0.263. The first kappa shape index (κ1) is 16.1. The molecule has 5 nitrogen and oxygen atoms in total. The molecule has 1 unspecified atom stereocenters. The van der Waals surface area contributed by atoms with E-state index in [1.54, 1.807) is 12.5 Å². The third kappa shape index (κ3) is 4.35. The SMILES string of the molecule is O=C(NCCCn1ccnc1)C(Cc1ccccc1)n1cccc1. The summed E-state index contributed by atoms with van der Waals surface area (Å²) in [5, 5.41) is 3.06. The molecule has 0 spiro atoms. The second kappa shape index (κ2) is 8.15. The molecular formula is C19H22N4O. The fourth-order valence-electron chi connectivity index (χ4n) is 2.74. The summed E-state index contributed by atoms with van der Waals surface area (Å²) in [6, 6.07) is 13.8. The summed E-state index contributed by atoms with van der Waals surface area (Å²) >= 11 is 0. The lowest BCUT2D eigenvalue weighted by Gasteiger charge is -2.19. The van der Waals surface area contributed by atoms with E-state index in [1.807, 2.05) is 58.1 Å². The van der Waals surface area contributed by atoms with Crippen LogP contribution in [0.4, 0.5) is 0 Å². The highest BCUT2D eigenvalue weighted by molar-refractivity contribution is 5.80. The number of hydrogen-bond donors (Lipinski definition) is 1. The van der Waals surface area contributed by atoms with Crippen molar-refractivity contribution in [1.82, 2.24) is 19.4 Å². The zero-order valence-electron chi connectivity index (χ0n) is 13.6. The molecule has 24 heavy (non-hydrogen) atoms. The Morgan fingerprint density at radius 3 is 2.58 bits per heavy atom. The van der Waals surface area contributed by atoms with Crippen molar-refractivity contribution in [3.63, 3.8) is 0 Å². The molecule has 0 saturated carbocycles. The Labute approximate surface area is 142 Å². The van der Waals surface area contributed by atoms with E-state index >= 15 is 0 Å². The maximum absolute atomic E-state index is 12.7. The highest BCUT2D eigenvalue weighted by Gasteiger charge is 2.19. The first-order valence-corrected chi connectivity index (χ1v) is 8.23. The van der Waals surface area contributed by atoms with Gasteiger partial charge in [0.15, 0.2) is 0 Å². The van der Waals surface area contributed by atoms with Crippen LogP contribution in [0.2, 0.25) is 0 Å². The van der Waals surface area contributed by atoms with E-state index in [-0.39, 0.29) is 11.9 Å². The normalized spacial score (nSPS) is 12.0. The predicted molar refractivity (Wildman–Crippen MR) is 93.5 cm³/mol. The van der Waals surface area contributed by atoms with Crippen molar-refractivity contribution in [1.29, 1.82) is 0 Å². The first-order valence-electron chi connectivity index (χ1n) is 8.23. The summed E-state index contributed by atoms with van der Waals surface area (Å²) in [5.41, 5.74) is 1.16. The summed E-state index contributed by atoms with van der Waals surface area (Å²) in [6.45, 7) is 1.51. The molecule has 0 fully saturated rings. The van der Waals surface area contributed by atoms with E-state index in [2.05, 4.69) is 22.4 Å². The molecule has 0 aliphatic rings. The van der Waals surface area contributed by atoms with Crippen LogP contribution in [-0.2, 0) is 17.8 Å². The van der Waals surface area contributed by atoms with Crippen LogP contribution < -0.4 is 5.32 Å². The number of hydrogen-bond acceptors (Lipinski definition) is 2. The van der Waals surface area contributed by atoms with Crippen molar-refractivity contribution in [3.05, 3.63) is 79.1 Å². The molecule has 3 aromatic rings. The van der Waals surface area contributed by atoms with Gasteiger partial charge in [-0.2, -0.15) is 0 Å². The van der Waals surface area contributed by atoms with E-state index in [9.17, 15) is 4.79 Å². The molecular weight excluding hydrogens is 300 g/mol. The molecule has 124 valence electrons. The van der Waals surface area contributed by atoms with Gasteiger partial charge in [0.2, 0.25) is 5.91 Å². The number of rotatable bonds is 8. The van der Waals surface area contributed by atoms with Crippen LogP contribution in [0.25, 0.3) is 0 Å². The third-order valence-electron chi connectivity index (χ3n) is 4.01. The molecule has 0 aliphatic heterocycles. The predicted octanol–water partition coefficient (Wildman–Crippen LogP) is 2.67. The van der Waals surface area contributed by atoms with Crippen molar-refractivity contribution < 1.29 is 4.79 Å². The molecule has 1 amide bonds. The van der Waals surface area contributed by atoms with Crippen LogP contribution in [0.15, 0.2) is 73.6 Å². The molecule has 2 aromatic heterocycles. The Bertz CT molecular complexity index is 720. The second-order valence-electron chi connectivity index (χ2n) is 5.78. The van der Waals surface area contributed by atoms with Crippen molar-refractivity contribution in [2.45, 2.75) is 25.4 Å². The summed E-state index contributed by atoms with van der Waals surface area (Å²) in [6.07, 6.45) is 10.9. The number of aryl methyl sites for hydroxylation is 1. The van der Waals surface area contributed by atoms with Crippen molar-refractivity contribution in [2.75, 3.05) is 6.54 Å². The molecule has 0 aliphatic carbocycles. The molecule has 3 rings (SSSR count). The van der Waals surface area contributed by atoms with Crippen LogP contribution >= 0.6 is 0 Å². The smallest absolute Gasteiger partial charge is 0.243 e. The number of nitrogens with zero attached hydrogens (tertiary/aromatic N) is 3. The minimum atomic E-state index is -0.226. The standard InChI is InChI=1S/C19H22N4O/c24-19(21-9-6-11-22-14-10-20-16-22)18(23-12-4-5-13-23)15-17-7-2-1-3-8-17/h1-5,7-8,10,12-14,16,18H,6,9,11,15H2,(H,21,24). The number of carbonyl (C=O) groups excluding carboxylic acids is 1. The number of imidazole rings is 1. The van der Waals surface area contributed by atoms with Gasteiger partial charge in [-0.15, -0.1) is 0 Å². The lowest BCUT2D eigenvalue weighted by Crippen LogP contribution is -2.34. The fourth-order valence-corrected chi connectivity index (χ4v) is 2.74. The van der Waals surface area contributed by atoms with Crippen LogP contribution in [-0.4, -0.2) is 26.6 Å². The Hall–Kier alpha value is -2.82. The zero-order chi connectivity index (χ0) is 16.6. The molecule has 1 atom stereocenters. The number of nitrogens with one attached hydrogen (secondary N) is 1. The number of carbonyl (C=O) groups is 1. The van der Waals surface area contributed by atoms with E-state index in [0.717, 1.165) is 18.5 Å². The van der Waals surface area contributed by atoms with Crippen LogP contribution in [0.5, 0.6) is 0 Å². The minimum absolute atomic E-state index is 0.0562. The summed E-state index contributed by atoms with van der Waals surface area (Å²) in [4.78, 5) is 16.7. The van der Waals surface area contributed by atoms with E-state index < -0.39 is 0 Å². The first-order chi connectivity index (χ1) is 11.8. The van der Waals surface area contributed by atoms with Gasteiger partial charge >= 0.3 is 0 Å². The molecule has 2 heterocycles. The van der Waals surface area contributed by atoms with Crippen LogP contribution in [0.3, 0.4) is 0 Å². The Morgan fingerprint density at radius 2 is 1.88 bits per heavy atom. The molecule has 0 saturated heterocycles. The molecule has 5 heteroatoms. The third-order valence-corrected chi connectivity index (χ3v) is 4.01. The zero-order valence-corrected chi connectivity index (χ0v) is 13.6. The van der Waals surface area contributed by atoms with E-state index in [1.165, 1.54) is 0 Å². The average Bonchev–Trinajstić information content (AvgIpc) is 3.31. The van der Waals surface area contributed by atoms with Gasteiger partial charge < -0.3 is 14.5 Å². The highest BCUT2D eigenvalue weighted by atomic mass is 16.2. The summed E-state index contributed by atoms with van der Waals surface area (Å²) < 4.78 is 3.98. The number of benzene rings is 1. The summed E-state index contributed by atoms with van der Waals surface area (Å²) in [5.74, 6) is 0.0562. The number of aromatic nitrogens is 3. The Morgan fingerprint density at radius 1 is 1.08 bits per heavy atom. The van der Waals surface area contributed by atoms with Crippen LogP contribution in [0.1, 0.15) is 18.0 Å². The van der Waals surface area contributed by atoms with Crippen molar-refractivity contribution in [2.24, 2.45) is 0 Å². The molecule has 0 radical (unpaired) electrons. The van der Waals surface area contributed by atoms with Gasteiger partial charge in [0.05, 0.1) is 6.33 Å². The van der Waals surface area contributed by atoms with E-state index in [0.29, 0.717) is 13.0 Å². The lowest BCUT2D eigenvalue weighted by molar-refractivity contribution is -0.124. The quantitative estimate of drug-likeness (QED) is 0.648. The maximum Gasteiger partial charge on any atom is 0.243 e. The number of amides is 1. The average molecular weight is 322 g/mol. The van der Waals surface area contributed by atoms with E-state index in [4.69, 9.17) is 0 Å². The van der Waals surface area contributed by atoms with Gasteiger partial charge in [0.25, 0.3) is 0 Å². The molecule has 1 aromatic carbocycles. The van der Waals surface area contributed by atoms with Gasteiger partial charge in [-0.05, 0) is 24.1 Å². The largest absolute Gasteiger partial charge is 0.354 e. The summed E-state index contributed by atoms with van der Waals surface area (Å²) in [7, 11) is 0. The topological polar surface area (TPSA) is 51.9 Å². The lowest BCUT2D eigenvalue weighted by atomic mass is 10.1. The van der Waals surface area contributed by atoms with Gasteiger partial charge in [-0.1, -0.05) is 30.3 Å². The Kier molecular flexibility index (Phi) is 5.45. The van der Waals surface area contributed by atoms with Crippen molar-refractivity contribution in [3.8, 4) is 0 Å². The minimum Gasteiger partial charge on any atom is -0.354 e. The maximum atomic E-state index is 12.7. The van der Waals surface area contributed by atoms with Gasteiger partial charge in [0, 0.05) is 44.3 Å².